The molecule has 0 radical (unpaired) electrons. The second-order valence-electron chi connectivity index (χ2n) is 5.17. The Bertz CT molecular complexity index is 443. The van der Waals surface area contributed by atoms with Gasteiger partial charge in [-0.05, 0) is 37.1 Å². The molecule has 0 amide bonds. The predicted molar refractivity (Wildman–Crippen MR) is 103 cm³/mol. The van der Waals surface area contributed by atoms with Gasteiger partial charge in [0, 0.05) is 41.2 Å². The first-order chi connectivity index (χ1) is 9.06. The summed E-state index contributed by atoms with van der Waals surface area (Å²) in [6.45, 7) is 10.5. The Labute approximate surface area is 156 Å². The monoisotopic (exact) mass is 458 g/mol. The first-order valence-corrected chi connectivity index (χ1v) is 8.20. The van der Waals surface area contributed by atoms with Crippen LogP contribution in [-0.4, -0.2) is 31.1 Å². The molecule has 0 bridgehead atoms. The summed E-state index contributed by atoms with van der Waals surface area (Å²) in [4.78, 5) is 2.55. The Hall–Kier alpha value is 0.420. The molecule has 1 N–H and O–H groups in total. The molecule has 1 aliphatic rings. The Morgan fingerprint density at radius 3 is 2.19 bits per heavy atom. The molecule has 6 heteroatoms. The van der Waals surface area contributed by atoms with Crippen LogP contribution in [0.15, 0.2) is 39.3 Å². The van der Waals surface area contributed by atoms with E-state index in [9.17, 15) is 0 Å². The highest BCUT2D eigenvalue weighted by Gasteiger charge is 2.22. The standard InChI is InChI=1S/C15H20Br2N2.2ClH/c1-11(2)7-15(19-5-3-18-4-6-19)12-8-13(16)10-14(17)9-12;;/h8-10,15,18H,1,3-7H2,2H3;2*1H/t15-;;/m1../s1. The maximum Gasteiger partial charge on any atom is 0.0386 e. The summed E-state index contributed by atoms with van der Waals surface area (Å²) >= 11 is 7.18. The van der Waals surface area contributed by atoms with Gasteiger partial charge in [-0.25, -0.2) is 0 Å². The minimum absolute atomic E-state index is 0. The highest BCUT2D eigenvalue weighted by atomic mass is 79.9. The zero-order valence-electron chi connectivity index (χ0n) is 12.1. The molecular weight excluding hydrogens is 439 g/mol. The van der Waals surface area contributed by atoms with Gasteiger partial charge in [-0.3, -0.25) is 4.90 Å². The molecule has 1 atom stereocenters. The van der Waals surface area contributed by atoms with Crippen LogP contribution in [0.5, 0.6) is 0 Å². The van der Waals surface area contributed by atoms with E-state index < -0.39 is 0 Å². The maximum absolute atomic E-state index is 4.09. The summed E-state index contributed by atoms with van der Waals surface area (Å²) in [7, 11) is 0. The van der Waals surface area contributed by atoms with E-state index in [4.69, 9.17) is 0 Å². The number of rotatable bonds is 4. The summed E-state index contributed by atoms with van der Waals surface area (Å²) < 4.78 is 2.25. The van der Waals surface area contributed by atoms with Crippen molar-refractivity contribution in [3.05, 3.63) is 44.9 Å². The number of hydrogen-bond acceptors (Lipinski definition) is 2. The largest absolute Gasteiger partial charge is 0.314 e. The van der Waals surface area contributed by atoms with E-state index in [0.717, 1.165) is 41.5 Å². The molecule has 0 aromatic heterocycles. The van der Waals surface area contributed by atoms with Crippen LogP contribution in [0.25, 0.3) is 0 Å². The van der Waals surface area contributed by atoms with Gasteiger partial charge in [0.15, 0.2) is 0 Å². The van der Waals surface area contributed by atoms with Crippen molar-refractivity contribution in [2.75, 3.05) is 26.2 Å². The topological polar surface area (TPSA) is 15.3 Å². The molecule has 1 saturated heterocycles. The molecule has 0 unspecified atom stereocenters. The molecular formula is C15H22Br2Cl2N2. The van der Waals surface area contributed by atoms with Crippen LogP contribution in [0.3, 0.4) is 0 Å². The van der Waals surface area contributed by atoms with Crippen molar-refractivity contribution in [2.24, 2.45) is 0 Å². The van der Waals surface area contributed by atoms with E-state index in [2.05, 4.69) is 73.8 Å². The van der Waals surface area contributed by atoms with Gasteiger partial charge >= 0.3 is 0 Å². The SMILES string of the molecule is C=C(C)C[C@H](c1cc(Br)cc(Br)c1)N1CCNCC1.Cl.Cl. The molecule has 0 aliphatic carbocycles. The van der Waals surface area contributed by atoms with E-state index in [-0.39, 0.29) is 24.8 Å². The fourth-order valence-corrected chi connectivity index (χ4v) is 3.88. The molecule has 21 heavy (non-hydrogen) atoms. The van der Waals surface area contributed by atoms with Crippen molar-refractivity contribution in [2.45, 2.75) is 19.4 Å². The lowest BCUT2D eigenvalue weighted by atomic mass is 9.98. The lowest BCUT2D eigenvalue weighted by Gasteiger charge is -2.35. The van der Waals surface area contributed by atoms with Crippen LogP contribution in [0.4, 0.5) is 0 Å². The molecule has 1 aromatic carbocycles. The molecule has 2 nitrogen and oxygen atoms in total. The number of halogens is 4. The lowest BCUT2D eigenvalue weighted by Crippen LogP contribution is -2.45. The number of benzene rings is 1. The Morgan fingerprint density at radius 2 is 1.71 bits per heavy atom. The Balaban J connectivity index is 0.00000200. The van der Waals surface area contributed by atoms with Gasteiger partial charge in [0.2, 0.25) is 0 Å². The van der Waals surface area contributed by atoms with Crippen LogP contribution in [0.1, 0.15) is 24.9 Å². The van der Waals surface area contributed by atoms with Crippen molar-refractivity contribution in [1.29, 1.82) is 0 Å². The third-order valence-corrected chi connectivity index (χ3v) is 4.32. The van der Waals surface area contributed by atoms with E-state index in [0.29, 0.717) is 6.04 Å². The minimum atomic E-state index is 0. The average molecular weight is 461 g/mol. The number of piperazine rings is 1. The number of hydrogen-bond donors (Lipinski definition) is 1. The first kappa shape index (κ1) is 21.4. The summed E-state index contributed by atoms with van der Waals surface area (Å²) in [5.41, 5.74) is 2.59. The fraction of sp³-hybridized carbons (Fsp3) is 0.467. The predicted octanol–water partition coefficient (Wildman–Crippen LogP) is 4.97. The molecule has 2 rings (SSSR count). The zero-order chi connectivity index (χ0) is 13.8. The third-order valence-electron chi connectivity index (χ3n) is 3.40. The van der Waals surface area contributed by atoms with Gasteiger partial charge < -0.3 is 5.32 Å². The van der Waals surface area contributed by atoms with Gasteiger partial charge in [-0.2, -0.15) is 0 Å². The summed E-state index contributed by atoms with van der Waals surface area (Å²) in [6, 6.07) is 6.95. The second-order valence-corrected chi connectivity index (χ2v) is 7.00. The number of nitrogens with zero attached hydrogens (tertiary/aromatic N) is 1. The zero-order valence-corrected chi connectivity index (χ0v) is 16.9. The summed E-state index contributed by atoms with van der Waals surface area (Å²) in [6.07, 6.45) is 1.02. The first-order valence-electron chi connectivity index (χ1n) is 6.61. The molecule has 0 saturated carbocycles. The van der Waals surface area contributed by atoms with Gasteiger partial charge in [-0.15, -0.1) is 31.4 Å². The van der Waals surface area contributed by atoms with Gasteiger partial charge in [0.1, 0.15) is 0 Å². The molecule has 1 aromatic rings. The van der Waals surface area contributed by atoms with Crippen molar-refractivity contribution in [1.82, 2.24) is 10.2 Å². The van der Waals surface area contributed by atoms with Gasteiger partial charge in [-0.1, -0.05) is 37.4 Å². The highest BCUT2D eigenvalue weighted by molar-refractivity contribution is 9.11. The smallest absolute Gasteiger partial charge is 0.0386 e. The van der Waals surface area contributed by atoms with Crippen molar-refractivity contribution >= 4 is 56.7 Å². The minimum Gasteiger partial charge on any atom is -0.314 e. The normalized spacial score (nSPS) is 16.5. The second kappa shape index (κ2) is 10.2. The van der Waals surface area contributed by atoms with E-state index in [1.54, 1.807) is 0 Å². The van der Waals surface area contributed by atoms with E-state index >= 15 is 0 Å². The van der Waals surface area contributed by atoms with E-state index in [1.165, 1.54) is 11.1 Å². The van der Waals surface area contributed by atoms with Gasteiger partial charge in [0.05, 0.1) is 0 Å². The fourth-order valence-electron chi connectivity index (χ4n) is 2.55. The highest BCUT2D eigenvalue weighted by Crippen LogP contribution is 2.31. The molecule has 1 aliphatic heterocycles. The summed E-state index contributed by atoms with van der Waals surface area (Å²) in [5, 5.41) is 3.41. The molecule has 120 valence electrons. The average Bonchev–Trinajstić information content (AvgIpc) is 2.35. The van der Waals surface area contributed by atoms with Crippen LogP contribution >= 0.6 is 56.7 Å². The summed E-state index contributed by atoms with van der Waals surface area (Å²) in [5.74, 6) is 0. The quantitative estimate of drug-likeness (QED) is 0.638. The van der Waals surface area contributed by atoms with Crippen LogP contribution < -0.4 is 5.32 Å². The lowest BCUT2D eigenvalue weighted by molar-refractivity contribution is 0.172. The van der Waals surface area contributed by atoms with E-state index in [1.807, 2.05) is 0 Å². The number of nitrogens with one attached hydrogen (secondary N) is 1. The van der Waals surface area contributed by atoms with Crippen LogP contribution in [-0.2, 0) is 0 Å². The molecule has 1 heterocycles. The maximum atomic E-state index is 4.09. The molecule has 1 fully saturated rings. The van der Waals surface area contributed by atoms with Crippen molar-refractivity contribution in [3.63, 3.8) is 0 Å². The Morgan fingerprint density at radius 1 is 1.19 bits per heavy atom. The van der Waals surface area contributed by atoms with Crippen molar-refractivity contribution < 1.29 is 0 Å². The van der Waals surface area contributed by atoms with Crippen LogP contribution in [0, 0.1) is 0 Å². The van der Waals surface area contributed by atoms with Gasteiger partial charge in [0.25, 0.3) is 0 Å². The molecule has 0 spiro atoms. The third kappa shape index (κ3) is 6.59. The van der Waals surface area contributed by atoms with Crippen LogP contribution in [0.2, 0.25) is 0 Å². The van der Waals surface area contributed by atoms with Crippen molar-refractivity contribution in [3.8, 4) is 0 Å². The Kier molecular flexibility index (Phi) is 10.4.